The van der Waals surface area contributed by atoms with Crippen LogP contribution in [-0.2, 0) is 4.79 Å². The molecule has 1 aliphatic carbocycles. The Morgan fingerprint density at radius 1 is 1.50 bits per heavy atom. The topological polar surface area (TPSA) is 29.1 Å². The lowest BCUT2D eigenvalue weighted by atomic mass is 9.97. The van der Waals surface area contributed by atoms with Crippen molar-refractivity contribution >= 4 is 21.7 Å². The lowest BCUT2D eigenvalue weighted by Gasteiger charge is -2.20. The highest BCUT2D eigenvalue weighted by molar-refractivity contribution is 9.11. The van der Waals surface area contributed by atoms with E-state index in [0.717, 1.165) is 16.5 Å². The smallest absolute Gasteiger partial charge is 0.185 e. The van der Waals surface area contributed by atoms with Gasteiger partial charge in [0.15, 0.2) is 5.78 Å². The van der Waals surface area contributed by atoms with Crippen LogP contribution in [0.3, 0.4) is 0 Å². The van der Waals surface area contributed by atoms with E-state index in [1.807, 2.05) is 18.2 Å². The van der Waals surface area contributed by atoms with Crippen LogP contribution >= 0.6 is 15.9 Å². The summed E-state index contributed by atoms with van der Waals surface area (Å²) < 4.78 is 0.965. The third kappa shape index (κ3) is 1.87. The van der Waals surface area contributed by atoms with Gasteiger partial charge in [0, 0.05) is 22.3 Å². The largest absolute Gasteiger partial charge is 0.380 e. The van der Waals surface area contributed by atoms with Crippen LogP contribution in [0.2, 0.25) is 0 Å². The molecule has 0 fully saturated rings. The molecule has 14 heavy (non-hydrogen) atoms. The van der Waals surface area contributed by atoms with Crippen LogP contribution in [0.15, 0.2) is 46.6 Å². The van der Waals surface area contributed by atoms with Gasteiger partial charge in [0.2, 0.25) is 0 Å². The van der Waals surface area contributed by atoms with Gasteiger partial charge in [-0.3, -0.25) is 4.79 Å². The molecule has 2 rings (SSSR count). The average Bonchev–Trinajstić information content (AvgIpc) is 2.14. The first kappa shape index (κ1) is 9.46. The molecule has 0 saturated heterocycles. The summed E-state index contributed by atoms with van der Waals surface area (Å²) in [5.41, 5.74) is 0.784. The molecule has 0 aromatic rings. The van der Waals surface area contributed by atoms with Gasteiger partial charge < -0.3 is 5.32 Å². The Morgan fingerprint density at radius 2 is 2.36 bits per heavy atom. The number of hydrogen-bond acceptors (Lipinski definition) is 2. The number of allylic oxidation sites excluding steroid dienone is 5. The Balaban J connectivity index is 2.43. The van der Waals surface area contributed by atoms with Gasteiger partial charge in [-0.1, -0.05) is 34.2 Å². The minimum Gasteiger partial charge on any atom is -0.380 e. The molecule has 1 atom stereocenters. The highest BCUT2D eigenvalue weighted by Gasteiger charge is 2.19. The van der Waals surface area contributed by atoms with E-state index in [1.54, 1.807) is 12.3 Å². The van der Waals surface area contributed by atoms with E-state index in [1.165, 1.54) is 0 Å². The first-order valence-corrected chi connectivity index (χ1v) is 5.27. The van der Waals surface area contributed by atoms with Crippen molar-refractivity contribution in [2.75, 3.05) is 0 Å². The molecule has 1 aliphatic heterocycles. The van der Waals surface area contributed by atoms with Crippen molar-refractivity contribution in [1.82, 2.24) is 5.32 Å². The predicted octanol–water partition coefficient (Wildman–Crippen LogP) is 2.21. The molecule has 0 spiro atoms. The van der Waals surface area contributed by atoms with Gasteiger partial charge >= 0.3 is 0 Å². The van der Waals surface area contributed by atoms with Crippen molar-refractivity contribution in [3.05, 3.63) is 46.6 Å². The molecule has 72 valence electrons. The number of ketones is 1. The molecule has 0 bridgehead atoms. The van der Waals surface area contributed by atoms with E-state index < -0.39 is 0 Å². The summed E-state index contributed by atoms with van der Waals surface area (Å²) in [6.45, 7) is 0. The van der Waals surface area contributed by atoms with Crippen molar-refractivity contribution < 1.29 is 4.79 Å². The minimum absolute atomic E-state index is 0.0220. The van der Waals surface area contributed by atoms with E-state index >= 15 is 0 Å². The normalized spacial score (nSPS) is 31.5. The molecule has 2 aliphatic rings. The monoisotopic (exact) mass is 251 g/mol. The zero-order valence-corrected chi connectivity index (χ0v) is 9.12. The molecule has 0 radical (unpaired) electrons. The number of fused-ring (bicyclic) bond motifs is 1. The van der Waals surface area contributed by atoms with Crippen molar-refractivity contribution in [3.63, 3.8) is 0 Å². The summed E-state index contributed by atoms with van der Waals surface area (Å²) in [7, 11) is 0. The number of carbonyl (C=O) groups excluding carboxylic acids is 1. The lowest BCUT2D eigenvalue weighted by Crippen LogP contribution is -2.32. The molecule has 0 saturated carbocycles. The van der Waals surface area contributed by atoms with Crippen LogP contribution in [0.5, 0.6) is 0 Å². The average molecular weight is 252 g/mol. The zero-order valence-electron chi connectivity index (χ0n) is 7.53. The second-order valence-corrected chi connectivity index (χ2v) is 4.11. The Labute approximate surface area is 91.2 Å². The Morgan fingerprint density at radius 3 is 3.21 bits per heavy atom. The van der Waals surface area contributed by atoms with Gasteiger partial charge in [0.05, 0.1) is 6.04 Å². The maximum Gasteiger partial charge on any atom is 0.185 e. The number of nitrogens with one attached hydrogen (secondary N) is 1. The maximum absolute atomic E-state index is 11.6. The number of rotatable bonds is 0. The third-order valence-corrected chi connectivity index (χ3v) is 2.75. The fraction of sp³-hybridized carbons (Fsp3) is 0.182. The summed E-state index contributed by atoms with van der Waals surface area (Å²) in [6, 6.07) is 0.0220. The van der Waals surface area contributed by atoms with Gasteiger partial charge in [-0.05, 0) is 12.5 Å². The maximum atomic E-state index is 11.6. The van der Waals surface area contributed by atoms with Crippen LogP contribution in [0.25, 0.3) is 0 Å². The predicted molar refractivity (Wildman–Crippen MR) is 59.9 cm³/mol. The van der Waals surface area contributed by atoms with Crippen molar-refractivity contribution in [2.24, 2.45) is 0 Å². The quantitative estimate of drug-likeness (QED) is 0.669. The number of carbonyl (C=O) groups is 1. The van der Waals surface area contributed by atoms with Gasteiger partial charge in [-0.15, -0.1) is 0 Å². The van der Waals surface area contributed by atoms with Crippen LogP contribution < -0.4 is 5.32 Å². The van der Waals surface area contributed by atoms with Crippen molar-refractivity contribution in [3.8, 4) is 0 Å². The van der Waals surface area contributed by atoms with Gasteiger partial charge in [0.25, 0.3) is 0 Å². The molecule has 0 aromatic heterocycles. The Hall–Kier alpha value is -1.09. The Kier molecular flexibility index (Phi) is 2.68. The highest BCUT2D eigenvalue weighted by Crippen LogP contribution is 2.20. The fourth-order valence-corrected chi connectivity index (χ4v) is 1.92. The van der Waals surface area contributed by atoms with E-state index in [-0.39, 0.29) is 11.8 Å². The van der Waals surface area contributed by atoms with E-state index in [9.17, 15) is 4.79 Å². The van der Waals surface area contributed by atoms with Crippen LogP contribution in [0.4, 0.5) is 0 Å². The second-order valence-electron chi connectivity index (χ2n) is 3.19. The van der Waals surface area contributed by atoms with Gasteiger partial charge in [-0.25, -0.2) is 0 Å². The molecule has 3 heteroatoms. The first-order valence-electron chi connectivity index (χ1n) is 4.48. The van der Waals surface area contributed by atoms with Gasteiger partial charge in [0.1, 0.15) is 0 Å². The fourth-order valence-electron chi connectivity index (χ4n) is 1.49. The third-order valence-electron chi connectivity index (χ3n) is 2.20. The molecule has 0 aromatic carbocycles. The van der Waals surface area contributed by atoms with Crippen LogP contribution in [0.1, 0.15) is 6.42 Å². The molecule has 1 N–H and O–H groups in total. The molecular weight excluding hydrogens is 242 g/mol. The van der Waals surface area contributed by atoms with Crippen molar-refractivity contribution in [2.45, 2.75) is 12.5 Å². The number of hydrogen-bond donors (Lipinski definition) is 1. The minimum atomic E-state index is 0.0220. The molecule has 1 unspecified atom stereocenters. The summed E-state index contributed by atoms with van der Waals surface area (Å²) in [4.78, 5) is 11.6. The summed E-state index contributed by atoms with van der Waals surface area (Å²) in [6.07, 6.45) is 12.1. The number of halogens is 1. The van der Waals surface area contributed by atoms with E-state index in [4.69, 9.17) is 0 Å². The second kappa shape index (κ2) is 3.96. The van der Waals surface area contributed by atoms with E-state index in [0.29, 0.717) is 0 Å². The standard InChI is InChI=1S/C11H10BrNO/c12-8-3-1-2-4-10-9(7-8)11(14)5-6-13-10/h2-7,10,13H,1H2/b4-2-,8-3+,9-7?. The summed E-state index contributed by atoms with van der Waals surface area (Å²) >= 11 is 3.41. The van der Waals surface area contributed by atoms with E-state index in [2.05, 4.69) is 27.3 Å². The molecule has 2 nitrogen and oxygen atoms in total. The molecular formula is C11H10BrNO. The van der Waals surface area contributed by atoms with Gasteiger partial charge in [-0.2, -0.15) is 0 Å². The highest BCUT2D eigenvalue weighted by atomic mass is 79.9. The molecule has 1 heterocycles. The van der Waals surface area contributed by atoms with Crippen LogP contribution in [-0.4, -0.2) is 11.8 Å². The summed E-state index contributed by atoms with van der Waals surface area (Å²) in [5.74, 6) is 0.0747. The van der Waals surface area contributed by atoms with Crippen molar-refractivity contribution in [1.29, 1.82) is 0 Å². The zero-order chi connectivity index (χ0) is 9.97. The first-order chi connectivity index (χ1) is 6.77. The summed E-state index contributed by atoms with van der Waals surface area (Å²) in [5, 5.41) is 3.14. The Bertz CT molecular complexity index is 377. The lowest BCUT2D eigenvalue weighted by molar-refractivity contribution is -0.111. The molecule has 0 amide bonds. The van der Waals surface area contributed by atoms with Crippen LogP contribution in [0, 0.1) is 0 Å². The SMILES string of the molecule is O=C1C=CNC2/C=C\C/C=C(/Br)C=C12.